The summed E-state index contributed by atoms with van der Waals surface area (Å²) in [6, 6.07) is 4.01. The van der Waals surface area contributed by atoms with E-state index >= 15 is 0 Å². The fourth-order valence-corrected chi connectivity index (χ4v) is 2.26. The van der Waals surface area contributed by atoms with Gasteiger partial charge in [0.25, 0.3) is 0 Å². The summed E-state index contributed by atoms with van der Waals surface area (Å²) >= 11 is 0. The van der Waals surface area contributed by atoms with Crippen LogP contribution in [0, 0.1) is 11.3 Å². The van der Waals surface area contributed by atoms with Gasteiger partial charge in [-0.1, -0.05) is 0 Å². The molecular formula is C9H9NO5S. The van der Waals surface area contributed by atoms with Crippen molar-refractivity contribution in [2.45, 2.75) is 17.9 Å². The van der Waals surface area contributed by atoms with Gasteiger partial charge in [-0.05, 0) is 18.6 Å². The van der Waals surface area contributed by atoms with Gasteiger partial charge in [-0.25, -0.2) is 13.2 Å². The second kappa shape index (κ2) is 4.81. The number of nitrogens with zero attached hydrogens (tertiary/aromatic N) is 1. The number of furan rings is 1. The van der Waals surface area contributed by atoms with E-state index in [1.165, 1.54) is 0 Å². The Morgan fingerprint density at radius 3 is 2.69 bits per heavy atom. The average molecular weight is 243 g/mol. The maximum Gasteiger partial charge on any atom is 0.371 e. The molecule has 0 saturated carbocycles. The van der Waals surface area contributed by atoms with E-state index in [9.17, 15) is 13.2 Å². The first-order valence-corrected chi connectivity index (χ1v) is 6.05. The van der Waals surface area contributed by atoms with Gasteiger partial charge in [0.2, 0.25) is 20.7 Å². The second-order valence-electron chi connectivity index (χ2n) is 3.00. The van der Waals surface area contributed by atoms with Crippen molar-refractivity contribution < 1.29 is 22.7 Å². The molecule has 0 aromatic carbocycles. The van der Waals surface area contributed by atoms with Gasteiger partial charge in [-0.15, -0.1) is 0 Å². The number of aromatic carboxylic acids is 1. The molecule has 1 N–H and O–H groups in total. The van der Waals surface area contributed by atoms with Crippen molar-refractivity contribution in [3.63, 3.8) is 0 Å². The summed E-state index contributed by atoms with van der Waals surface area (Å²) in [5.74, 6) is -1.97. The van der Waals surface area contributed by atoms with Crippen LogP contribution < -0.4 is 0 Å². The quantitative estimate of drug-likeness (QED) is 0.774. The molecule has 0 atom stereocenters. The smallest absolute Gasteiger partial charge is 0.371 e. The maximum atomic E-state index is 11.5. The molecule has 7 heteroatoms. The van der Waals surface area contributed by atoms with Gasteiger partial charge >= 0.3 is 5.97 Å². The van der Waals surface area contributed by atoms with Crippen molar-refractivity contribution in [3.05, 3.63) is 17.9 Å². The monoisotopic (exact) mass is 243 g/mol. The molecule has 0 bridgehead atoms. The van der Waals surface area contributed by atoms with E-state index in [4.69, 9.17) is 10.4 Å². The van der Waals surface area contributed by atoms with E-state index < -0.39 is 21.6 Å². The van der Waals surface area contributed by atoms with Crippen LogP contribution in [0.25, 0.3) is 0 Å². The highest BCUT2D eigenvalue weighted by Crippen LogP contribution is 2.16. The Morgan fingerprint density at radius 2 is 2.19 bits per heavy atom. The molecule has 6 nitrogen and oxygen atoms in total. The highest BCUT2D eigenvalue weighted by Gasteiger charge is 2.20. The van der Waals surface area contributed by atoms with Crippen molar-refractivity contribution in [2.24, 2.45) is 0 Å². The first-order valence-electron chi connectivity index (χ1n) is 4.40. The van der Waals surface area contributed by atoms with E-state index in [2.05, 4.69) is 4.42 Å². The Bertz CT molecular complexity index is 522. The Labute approximate surface area is 92.0 Å². The Hall–Kier alpha value is -1.81. The van der Waals surface area contributed by atoms with E-state index in [1.807, 2.05) is 6.07 Å². The number of rotatable bonds is 5. The fourth-order valence-electron chi connectivity index (χ4n) is 1.04. The Balaban J connectivity index is 2.83. The molecule has 0 saturated heterocycles. The fraction of sp³-hybridized carbons (Fsp3) is 0.333. The summed E-state index contributed by atoms with van der Waals surface area (Å²) in [5, 5.41) is 16.4. The molecule has 0 spiro atoms. The van der Waals surface area contributed by atoms with Gasteiger partial charge in [-0.3, -0.25) is 0 Å². The molecule has 0 radical (unpaired) electrons. The van der Waals surface area contributed by atoms with Crippen LogP contribution in [0.4, 0.5) is 0 Å². The maximum absolute atomic E-state index is 11.5. The lowest BCUT2D eigenvalue weighted by Crippen LogP contribution is -2.05. The molecule has 16 heavy (non-hydrogen) atoms. The predicted octanol–water partition coefficient (Wildman–Crippen LogP) is 1.06. The van der Waals surface area contributed by atoms with Crippen LogP contribution in [-0.2, 0) is 9.84 Å². The molecule has 0 aliphatic carbocycles. The summed E-state index contributed by atoms with van der Waals surface area (Å²) in [6.07, 6.45) is 0.327. The van der Waals surface area contributed by atoms with E-state index in [1.54, 1.807) is 0 Å². The van der Waals surface area contributed by atoms with Crippen LogP contribution in [0.3, 0.4) is 0 Å². The summed E-state index contributed by atoms with van der Waals surface area (Å²) in [6.45, 7) is 0. The lowest BCUT2D eigenvalue weighted by molar-refractivity contribution is 0.0656. The van der Waals surface area contributed by atoms with Crippen LogP contribution in [0.2, 0.25) is 0 Å². The van der Waals surface area contributed by atoms with E-state index in [0.717, 1.165) is 12.1 Å². The normalized spacial score (nSPS) is 10.9. The van der Waals surface area contributed by atoms with Gasteiger partial charge in [0.05, 0.1) is 11.8 Å². The number of hydrogen-bond donors (Lipinski definition) is 1. The van der Waals surface area contributed by atoms with E-state index in [-0.39, 0.29) is 23.7 Å². The third-order valence-electron chi connectivity index (χ3n) is 1.80. The van der Waals surface area contributed by atoms with Gasteiger partial charge < -0.3 is 9.52 Å². The predicted molar refractivity (Wildman–Crippen MR) is 52.6 cm³/mol. The molecule has 0 aliphatic rings. The summed E-state index contributed by atoms with van der Waals surface area (Å²) in [4.78, 5) is 10.5. The third kappa shape index (κ3) is 2.84. The molecule has 0 unspecified atom stereocenters. The third-order valence-corrected chi connectivity index (χ3v) is 3.46. The molecule has 1 rings (SSSR count). The zero-order valence-corrected chi connectivity index (χ0v) is 9.03. The second-order valence-corrected chi connectivity index (χ2v) is 5.04. The van der Waals surface area contributed by atoms with E-state index in [0.29, 0.717) is 0 Å². The molecule has 0 fully saturated rings. The number of carbonyl (C=O) groups is 1. The zero-order valence-electron chi connectivity index (χ0n) is 8.21. The molecule has 86 valence electrons. The topological polar surface area (TPSA) is 108 Å². The van der Waals surface area contributed by atoms with Crippen molar-refractivity contribution in [2.75, 3.05) is 5.75 Å². The SMILES string of the molecule is N#CCCCS(=O)(=O)c1ccc(C(=O)O)o1. The number of unbranched alkanes of at least 4 members (excludes halogenated alkanes) is 1. The van der Waals surface area contributed by atoms with Crippen LogP contribution in [0.15, 0.2) is 21.6 Å². The standard InChI is InChI=1S/C9H9NO5S/c10-5-1-2-6-16(13,14)8-4-3-7(15-8)9(11)12/h3-4H,1-2,6H2,(H,11,12). The first-order chi connectivity index (χ1) is 7.47. The summed E-state index contributed by atoms with van der Waals surface area (Å²) in [5.41, 5.74) is 0. The van der Waals surface area contributed by atoms with Crippen LogP contribution >= 0.6 is 0 Å². The van der Waals surface area contributed by atoms with Crippen molar-refractivity contribution in [3.8, 4) is 6.07 Å². The van der Waals surface area contributed by atoms with Crippen LogP contribution in [0.1, 0.15) is 23.4 Å². The minimum atomic E-state index is -3.63. The van der Waals surface area contributed by atoms with Gasteiger partial charge in [0.15, 0.2) is 0 Å². The average Bonchev–Trinajstić information content (AvgIpc) is 2.67. The highest BCUT2D eigenvalue weighted by molar-refractivity contribution is 7.91. The number of hydrogen-bond acceptors (Lipinski definition) is 5. The van der Waals surface area contributed by atoms with Gasteiger partial charge in [0.1, 0.15) is 0 Å². The number of sulfone groups is 1. The molecule has 1 heterocycles. The largest absolute Gasteiger partial charge is 0.475 e. The molecule has 0 amide bonds. The molecule has 1 aromatic rings. The lowest BCUT2D eigenvalue weighted by Gasteiger charge is -1.97. The van der Waals surface area contributed by atoms with Crippen LogP contribution in [0.5, 0.6) is 0 Å². The van der Waals surface area contributed by atoms with Crippen molar-refractivity contribution in [1.29, 1.82) is 5.26 Å². The lowest BCUT2D eigenvalue weighted by atomic mass is 10.4. The van der Waals surface area contributed by atoms with Gasteiger partial charge in [0, 0.05) is 6.42 Å². The number of carboxylic acid groups (broad SMARTS) is 1. The highest BCUT2D eigenvalue weighted by atomic mass is 32.2. The zero-order chi connectivity index (χ0) is 12.2. The van der Waals surface area contributed by atoms with Crippen molar-refractivity contribution in [1.82, 2.24) is 0 Å². The molecular weight excluding hydrogens is 234 g/mol. The number of carboxylic acids is 1. The summed E-state index contributed by atoms with van der Waals surface area (Å²) in [7, 11) is -3.63. The first kappa shape index (κ1) is 12.3. The number of nitriles is 1. The molecule has 1 aromatic heterocycles. The molecule has 0 aliphatic heterocycles. The minimum Gasteiger partial charge on any atom is -0.475 e. The minimum absolute atomic E-state index is 0.131. The summed E-state index contributed by atoms with van der Waals surface area (Å²) < 4.78 is 27.8. The Kier molecular flexibility index (Phi) is 3.68. The van der Waals surface area contributed by atoms with Gasteiger partial charge in [-0.2, -0.15) is 5.26 Å². The Morgan fingerprint density at radius 1 is 1.50 bits per heavy atom. The van der Waals surface area contributed by atoms with Crippen LogP contribution in [-0.4, -0.2) is 25.2 Å². The van der Waals surface area contributed by atoms with Crippen molar-refractivity contribution >= 4 is 15.8 Å².